The highest BCUT2D eigenvalue weighted by Crippen LogP contribution is 2.18. The monoisotopic (exact) mass is 345 g/mol. The van der Waals surface area contributed by atoms with Gasteiger partial charge < -0.3 is 10.4 Å². The molecule has 0 heterocycles. The van der Waals surface area contributed by atoms with Gasteiger partial charge in [0.05, 0.1) is 5.92 Å². The predicted molar refractivity (Wildman–Crippen MR) is 95.5 cm³/mol. The molecule has 24 heavy (non-hydrogen) atoms. The molecule has 0 aliphatic heterocycles. The second kappa shape index (κ2) is 8.50. The molecule has 4 nitrogen and oxygen atoms in total. The number of carbonyl (C=O) groups is 2. The van der Waals surface area contributed by atoms with Crippen molar-refractivity contribution in [3.63, 3.8) is 0 Å². The normalized spacial score (nSPS) is 11.8. The number of hydrogen-bond acceptors (Lipinski definition) is 2. The third kappa shape index (κ3) is 5.39. The van der Waals surface area contributed by atoms with Crippen LogP contribution in [0.25, 0.3) is 0 Å². The van der Waals surface area contributed by atoms with Crippen LogP contribution in [0.5, 0.6) is 0 Å². The van der Waals surface area contributed by atoms with Crippen LogP contribution in [0, 0.1) is 0 Å². The summed E-state index contributed by atoms with van der Waals surface area (Å²) in [4.78, 5) is 22.9. The van der Waals surface area contributed by atoms with Gasteiger partial charge in [0.1, 0.15) is 0 Å². The molecule has 1 unspecified atom stereocenters. The molecule has 2 aromatic carbocycles. The molecule has 2 aromatic rings. The first-order chi connectivity index (χ1) is 11.5. The summed E-state index contributed by atoms with van der Waals surface area (Å²) in [6.45, 7) is 1.63. The molecule has 126 valence electrons. The largest absolute Gasteiger partial charge is 0.481 e. The van der Waals surface area contributed by atoms with Crippen molar-refractivity contribution in [2.24, 2.45) is 0 Å². The van der Waals surface area contributed by atoms with Gasteiger partial charge in [-0.2, -0.15) is 0 Å². The van der Waals surface area contributed by atoms with Crippen molar-refractivity contribution in [3.8, 4) is 0 Å². The molecule has 5 heteroatoms. The van der Waals surface area contributed by atoms with E-state index in [1.165, 1.54) is 0 Å². The van der Waals surface area contributed by atoms with Gasteiger partial charge in [0.2, 0.25) is 5.91 Å². The zero-order chi connectivity index (χ0) is 17.5. The average molecular weight is 346 g/mol. The number of carboxylic acids is 1. The highest BCUT2D eigenvalue weighted by atomic mass is 35.5. The van der Waals surface area contributed by atoms with Crippen molar-refractivity contribution in [2.45, 2.75) is 32.1 Å². The van der Waals surface area contributed by atoms with Gasteiger partial charge >= 0.3 is 5.97 Å². The number of carboxylic acid groups (broad SMARTS) is 1. The quantitative estimate of drug-likeness (QED) is 0.777. The summed E-state index contributed by atoms with van der Waals surface area (Å²) in [6.07, 6.45) is 2.00. The Kier molecular flexibility index (Phi) is 6.38. The van der Waals surface area contributed by atoms with E-state index in [4.69, 9.17) is 16.7 Å². The lowest BCUT2D eigenvalue weighted by atomic mass is 10.0. The van der Waals surface area contributed by atoms with Gasteiger partial charge in [-0.15, -0.1) is 0 Å². The van der Waals surface area contributed by atoms with E-state index in [2.05, 4.69) is 5.32 Å². The number of benzene rings is 2. The van der Waals surface area contributed by atoms with E-state index >= 15 is 0 Å². The molecule has 0 spiro atoms. The lowest BCUT2D eigenvalue weighted by Gasteiger charge is -2.09. The molecule has 0 saturated carbocycles. The Balaban J connectivity index is 1.79. The Morgan fingerprint density at radius 3 is 2.29 bits per heavy atom. The van der Waals surface area contributed by atoms with Gasteiger partial charge in [0.15, 0.2) is 0 Å². The molecule has 0 radical (unpaired) electrons. The first-order valence-corrected chi connectivity index (χ1v) is 8.20. The number of aliphatic carboxylic acids is 1. The Morgan fingerprint density at radius 1 is 1.08 bits per heavy atom. The minimum Gasteiger partial charge on any atom is -0.481 e. The summed E-state index contributed by atoms with van der Waals surface area (Å²) >= 11 is 5.84. The number of amides is 1. The van der Waals surface area contributed by atoms with Crippen molar-refractivity contribution in [3.05, 3.63) is 64.7 Å². The first-order valence-electron chi connectivity index (χ1n) is 7.83. The van der Waals surface area contributed by atoms with Gasteiger partial charge in [0.25, 0.3) is 0 Å². The summed E-state index contributed by atoms with van der Waals surface area (Å²) in [6, 6.07) is 14.5. The molecule has 0 aliphatic rings. The minimum atomic E-state index is -0.867. The lowest BCUT2D eigenvalue weighted by molar-refractivity contribution is -0.138. The molecule has 2 N–H and O–H groups in total. The molecule has 0 saturated heterocycles. The molecule has 0 bridgehead atoms. The highest BCUT2D eigenvalue weighted by Gasteiger charge is 2.13. The third-order valence-electron chi connectivity index (χ3n) is 3.85. The third-order valence-corrected chi connectivity index (χ3v) is 4.10. The molecular weight excluding hydrogens is 326 g/mol. The van der Waals surface area contributed by atoms with E-state index in [-0.39, 0.29) is 5.91 Å². The Labute approximate surface area is 146 Å². The fourth-order valence-electron chi connectivity index (χ4n) is 2.33. The Bertz CT molecular complexity index is 696. The average Bonchev–Trinajstić information content (AvgIpc) is 2.56. The molecule has 1 atom stereocenters. The second-order valence-corrected chi connectivity index (χ2v) is 6.15. The van der Waals surface area contributed by atoms with Crippen LogP contribution in [0.3, 0.4) is 0 Å². The lowest BCUT2D eigenvalue weighted by Crippen LogP contribution is -2.12. The maximum Gasteiger partial charge on any atom is 0.310 e. The topological polar surface area (TPSA) is 66.4 Å². The smallest absolute Gasteiger partial charge is 0.310 e. The fraction of sp³-hybridized carbons (Fsp3) is 0.263. The number of rotatable bonds is 7. The van der Waals surface area contributed by atoms with Crippen LogP contribution < -0.4 is 5.32 Å². The van der Waals surface area contributed by atoms with Gasteiger partial charge in [-0.3, -0.25) is 9.59 Å². The van der Waals surface area contributed by atoms with Crippen LogP contribution in [-0.2, 0) is 16.0 Å². The van der Waals surface area contributed by atoms with Gasteiger partial charge in [0, 0.05) is 17.1 Å². The van der Waals surface area contributed by atoms with Crippen molar-refractivity contribution in [1.29, 1.82) is 0 Å². The zero-order valence-electron chi connectivity index (χ0n) is 13.5. The van der Waals surface area contributed by atoms with Crippen LogP contribution >= 0.6 is 11.6 Å². The van der Waals surface area contributed by atoms with E-state index in [0.29, 0.717) is 22.7 Å². The highest BCUT2D eigenvalue weighted by molar-refractivity contribution is 6.30. The Hall–Kier alpha value is -2.33. The van der Waals surface area contributed by atoms with E-state index in [0.717, 1.165) is 18.4 Å². The van der Waals surface area contributed by atoms with Crippen molar-refractivity contribution in [1.82, 2.24) is 0 Å². The standard InChI is InChI=1S/C19H20ClNO3/c1-13(19(23)24)15-7-11-17(12-8-15)21-18(22)4-2-3-14-5-9-16(20)10-6-14/h5-13H,2-4H2,1H3,(H,21,22)(H,23,24). The summed E-state index contributed by atoms with van der Waals surface area (Å²) in [5.41, 5.74) is 2.54. The maximum atomic E-state index is 12.0. The maximum absolute atomic E-state index is 12.0. The number of hydrogen-bond donors (Lipinski definition) is 2. The van der Waals surface area contributed by atoms with Crippen LogP contribution in [0.1, 0.15) is 36.8 Å². The van der Waals surface area contributed by atoms with E-state index in [1.807, 2.05) is 24.3 Å². The SMILES string of the molecule is CC(C(=O)O)c1ccc(NC(=O)CCCc2ccc(Cl)cc2)cc1. The first kappa shape index (κ1) is 18.0. The van der Waals surface area contributed by atoms with Crippen LogP contribution in [-0.4, -0.2) is 17.0 Å². The van der Waals surface area contributed by atoms with Gasteiger partial charge in [-0.25, -0.2) is 0 Å². The van der Waals surface area contributed by atoms with Crippen LogP contribution in [0.15, 0.2) is 48.5 Å². The van der Waals surface area contributed by atoms with Crippen molar-refractivity contribution in [2.75, 3.05) is 5.32 Å². The molecule has 2 rings (SSSR count). The molecule has 0 fully saturated rings. The number of halogens is 1. The van der Waals surface area contributed by atoms with E-state index in [9.17, 15) is 9.59 Å². The summed E-state index contributed by atoms with van der Waals surface area (Å²) < 4.78 is 0. The molecule has 0 aliphatic carbocycles. The molecular formula is C19H20ClNO3. The molecule has 1 amide bonds. The second-order valence-electron chi connectivity index (χ2n) is 5.71. The number of nitrogens with one attached hydrogen (secondary N) is 1. The summed E-state index contributed by atoms with van der Waals surface area (Å²) in [7, 11) is 0. The van der Waals surface area contributed by atoms with Gasteiger partial charge in [-0.05, 0) is 55.2 Å². The predicted octanol–water partition coefficient (Wildman–Crippen LogP) is 4.49. The summed E-state index contributed by atoms with van der Waals surface area (Å²) in [5, 5.41) is 12.5. The van der Waals surface area contributed by atoms with Crippen LogP contribution in [0.2, 0.25) is 5.02 Å². The molecule has 0 aromatic heterocycles. The van der Waals surface area contributed by atoms with Gasteiger partial charge in [-0.1, -0.05) is 35.9 Å². The van der Waals surface area contributed by atoms with Crippen molar-refractivity contribution >= 4 is 29.2 Å². The zero-order valence-corrected chi connectivity index (χ0v) is 14.2. The number of anilines is 1. The van der Waals surface area contributed by atoms with E-state index in [1.54, 1.807) is 31.2 Å². The number of carbonyl (C=O) groups excluding carboxylic acids is 1. The summed E-state index contributed by atoms with van der Waals surface area (Å²) in [5.74, 6) is -1.48. The van der Waals surface area contributed by atoms with Crippen molar-refractivity contribution < 1.29 is 14.7 Å². The Morgan fingerprint density at radius 2 is 1.71 bits per heavy atom. The fourth-order valence-corrected chi connectivity index (χ4v) is 2.45. The number of aryl methyl sites for hydroxylation is 1. The van der Waals surface area contributed by atoms with E-state index < -0.39 is 11.9 Å². The minimum absolute atomic E-state index is 0.0528. The van der Waals surface area contributed by atoms with Crippen LogP contribution in [0.4, 0.5) is 5.69 Å².